The van der Waals surface area contributed by atoms with Crippen LogP contribution >= 0.6 is 0 Å². The topological polar surface area (TPSA) is 85.2 Å². The lowest BCUT2D eigenvalue weighted by Gasteiger charge is -2.28. The van der Waals surface area contributed by atoms with Crippen LogP contribution in [0.25, 0.3) is 16.8 Å². The standard InChI is InChI=1S/C24H21F3N4O4S/c1-34-22-11-16(14-2-4-17(25)19(27)10-14)18(26)12-21(22)31-20-6-8-30(13-15(20)3-5-24(31)32)36(33)29-23-7-9-35-28-23/h2-5,10-12H,6-9,13H2,1H3,(H,28,29). The maximum atomic E-state index is 15.2. The van der Waals surface area contributed by atoms with Gasteiger partial charge in [0.1, 0.15) is 17.4 Å². The van der Waals surface area contributed by atoms with Crippen LogP contribution in [0, 0.1) is 17.5 Å². The molecular formula is C24H21F3N4O4S. The molecule has 3 heterocycles. The molecule has 36 heavy (non-hydrogen) atoms. The van der Waals surface area contributed by atoms with Crippen LogP contribution in [0.15, 0.2) is 51.7 Å². The number of methoxy groups -OCH3 is 1. The van der Waals surface area contributed by atoms with Crippen LogP contribution in [0.4, 0.5) is 13.2 Å². The minimum atomic E-state index is -1.65. The number of nitrogens with zero attached hydrogens (tertiary/aromatic N) is 3. The quantitative estimate of drug-likeness (QED) is 0.561. The molecular weight excluding hydrogens is 497 g/mol. The van der Waals surface area contributed by atoms with Crippen molar-refractivity contribution in [3.8, 4) is 22.6 Å². The van der Waals surface area contributed by atoms with E-state index in [9.17, 15) is 17.8 Å². The second-order valence-corrected chi connectivity index (χ2v) is 9.35. The van der Waals surface area contributed by atoms with Crippen LogP contribution < -0.4 is 15.8 Å². The van der Waals surface area contributed by atoms with Crippen LogP contribution in [0.2, 0.25) is 0 Å². The Kier molecular flexibility index (Phi) is 6.65. The number of nitrogens with one attached hydrogen (secondary N) is 1. The zero-order chi connectivity index (χ0) is 25.4. The monoisotopic (exact) mass is 518 g/mol. The summed E-state index contributed by atoms with van der Waals surface area (Å²) in [6.07, 6.45) is 0.892. The van der Waals surface area contributed by atoms with Crippen LogP contribution in [-0.2, 0) is 29.0 Å². The first kappa shape index (κ1) is 24.2. The van der Waals surface area contributed by atoms with Gasteiger partial charge in [0.2, 0.25) is 11.2 Å². The average Bonchev–Trinajstić information content (AvgIpc) is 3.38. The molecule has 1 unspecified atom stereocenters. The first-order chi connectivity index (χ1) is 17.4. The minimum absolute atomic E-state index is 0.00228. The Hall–Kier alpha value is -3.48. The number of ether oxygens (including phenoxy) is 1. The molecule has 8 nitrogen and oxygen atoms in total. The highest BCUT2D eigenvalue weighted by Gasteiger charge is 2.26. The van der Waals surface area contributed by atoms with Gasteiger partial charge < -0.3 is 4.74 Å². The van der Waals surface area contributed by atoms with Crippen LogP contribution in [0.5, 0.6) is 5.75 Å². The van der Waals surface area contributed by atoms with Crippen molar-refractivity contribution in [3.63, 3.8) is 0 Å². The largest absolute Gasteiger partial charge is 0.495 e. The predicted molar refractivity (Wildman–Crippen MR) is 127 cm³/mol. The van der Waals surface area contributed by atoms with E-state index in [1.54, 1.807) is 10.4 Å². The summed E-state index contributed by atoms with van der Waals surface area (Å²) in [6.45, 7) is 1.06. The molecule has 1 saturated heterocycles. The van der Waals surface area contributed by atoms with Gasteiger partial charge in [0.05, 0.1) is 19.4 Å². The highest BCUT2D eigenvalue weighted by Crippen LogP contribution is 2.34. The molecule has 0 saturated carbocycles. The zero-order valence-electron chi connectivity index (χ0n) is 19.1. The number of benzene rings is 2. The molecule has 2 aliphatic rings. The first-order valence-electron chi connectivity index (χ1n) is 11.0. The van der Waals surface area contributed by atoms with E-state index < -0.39 is 34.2 Å². The van der Waals surface area contributed by atoms with Crippen molar-refractivity contribution >= 4 is 17.0 Å². The van der Waals surface area contributed by atoms with E-state index >= 15 is 4.39 Å². The smallest absolute Gasteiger partial charge is 0.255 e. The molecule has 12 heteroatoms. The predicted octanol–water partition coefficient (Wildman–Crippen LogP) is 3.19. The van der Waals surface area contributed by atoms with Gasteiger partial charge in [0.25, 0.3) is 5.56 Å². The van der Waals surface area contributed by atoms with Gasteiger partial charge in [-0.1, -0.05) is 12.1 Å². The van der Waals surface area contributed by atoms with Gasteiger partial charge in [0.15, 0.2) is 11.6 Å². The third-order valence-corrected chi connectivity index (χ3v) is 7.14. The second kappa shape index (κ2) is 9.88. The molecule has 1 atom stereocenters. The number of halogens is 3. The van der Waals surface area contributed by atoms with Gasteiger partial charge in [0, 0.05) is 49.3 Å². The van der Waals surface area contributed by atoms with E-state index in [4.69, 9.17) is 9.57 Å². The van der Waals surface area contributed by atoms with Gasteiger partial charge >= 0.3 is 0 Å². The Bertz CT molecular complexity index is 1450. The number of hydrogen-bond donors (Lipinski definition) is 1. The maximum Gasteiger partial charge on any atom is 0.255 e. The van der Waals surface area contributed by atoms with E-state index in [0.29, 0.717) is 37.5 Å². The molecule has 5 rings (SSSR count). The second-order valence-electron chi connectivity index (χ2n) is 8.19. The maximum absolute atomic E-state index is 15.2. The third kappa shape index (κ3) is 4.54. The molecule has 1 aromatic heterocycles. The minimum Gasteiger partial charge on any atom is -0.495 e. The summed E-state index contributed by atoms with van der Waals surface area (Å²) in [4.78, 5) is 17.9. The van der Waals surface area contributed by atoms with Gasteiger partial charge in [-0.25, -0.2) is 21.7 Å². The van der Waals surface area contributed by atoms with Crippen molar-refractivity contribution < 1.29 is 27.0 Å². The van der Waals surface area contributed by atoms with Crippen molar-refractivity contribution in [2.45, 2.75) is 19.4 Å². The molecule has 2 aliphatic heterocycles. The number of fused-ring (bicyclic) bond motifs is 1. The van der Waals surface area contributed by atoms with Crippen molar-refractivity contribution in [1.29, 1.82) is 0 Å². The Morgan fingerprint density at radius 2 is 1.89 bits per heavy atom. The Labute approximate surface area is 206 Å². The average molecular weight is 519 g/mol. The summed E-state index contributed by atoms with van der Waals surface area (Å²) >= 11 is -1.65. The molecule has 1 fully saturated rings. The lowest BCUT2D eigenvalue weighted by molar-refractivity contribution is 0.122. The lowest BCUT2D eigenvalue weighted by Crippen LogP contribution is -2.36. The summed E-state index contributed by atoms with van der Waals surface area (Å²) in [7, 11) is 1.37. The van der Waals surface area contributed by atoms with Gasteiger partial charge in [-0.3, -0.25) is 19.7 Å². The van der Waals surface area contributed by atoms with Crippen molar-refractivity contribution in [1.82, 2.24) is 14.4 Å². The van der Waals surface area contributed by atoms with Gasteiger partial charge in [-0.05, 0) is 29.3 Å². The molecule has 0 aliphatic carbocycles. The van der Waals surface area contributed by atoms with Gasteiger partial charge in [-0.15, -0.1) is 0 Å². The Balaban J connectivity index is 1.53. The highest BCUT2D eigenvalue weighted by atomic mass is 32.2. The van der Waals surface area contributed by atoms with Gasteiger partial charge in [-0.2, -0.15) is 4.40 Å². The summed E-state index contributed by atoms with van der Waals surface area (Å²) < 4.78 is 67.7. The number of hydroxylamine groups is 1. The van der Waals surface area contributed by atoms with Crippen LogP contribution in [0.3, 0.4) is 0 Å². The van der Waals surface area contributed by atoms with Crippen LogP contribution in [0.1, 0.15) is 17.7 Å². The van der Waals surface area contributed by atoms with E-state index in [-0.39, 0.29) is 29.1 Å². The number of aromatic nitrogens is 1. The summed E-state index contributed by atoms with van der Waals surface area (Å²) in [6, 6.07) is 8.56. The molecule has 0 spiro atoms. The normalized spacial score (nSPS) is 17.6. The number of pyridine rings is 1. The van der Waals surface area contributed by atoms with E-state index in [2.05, 4.69) is 9.88 Å². The Morgan fingerprint density at radius 1 is 1.06 bits per heavy atom. The number of hydrogen-bond acceptors (Lipinski definition) is 4. The Morgan fingerprint density at radius 3 is 2.61 bits per heavy atom. The third-order valence-electron chi connectivity index (χ3n) is 6.01. The number of rotatable bonds is 5. The van der Waals surface area contributed by atoms with Crippen LogP contribution in [-0.4, -0.2) is 39.2 Å². The van der Waals surface area contributed by atoms with Crippen molar-refractivity contribution in [2.24, 2.45) is 4.40 Å². The molecule has 0 radical (unpaired) electrons. The first-order valence-corrected chi connectivity index (χ1v) is 12.1. The summed E-state index contributed by atoms with van der Waals surface area (Å²) in [5.74, 6) is -2.20. The highest BCUT2D eigenvalue weighted by molar-refractivity contribution is 7.81. The van der Waals surface area contributed by atoms with E-state index in [1.165, 1.54) is 29.9 Å². The summed E-state index contributed by atoms with van der Waals surface area (Å²) in [5, 5.41) is 0. The molecule has 0 amide bonds. The lowest BCUT2D eigenvalue weighted by atomic mass is 10.0. The molecule has 0 bridgehead atoms. The van der Waals surface area contributed by atoms with Crippen molar-refractivity contribution in [2.75, 3.05) is 20.3 Å². The zero-order valence-corrected chi connectivity index (χ0v) is 19.9. The fraction of sp³-hybridized carbons (Fsp3) is 0.250. The van der Waals surface area contributed by atoms with E-state index in [1.807, 2.05) is 0 Å². The summed E-state index contributed by atoms with van der Waals surface area (Å²) in [5.41, 5.74) is 3.88. The molecule has 1 N–H and O–H groups in total. The molecule has 2 aromatic carbocycles. The fourth-order valence-electron chi connectivity index (χ4n) is 4.25. The molecule has 3 aromatic rings. The van der Waals surface area contributed by atoms with Crippen molar-refractivity contribution in [3.05, 3.63) is 81.5 Å². The molecule has 188 valence electrons. The van der Waals surface area contributed by atoms with E-state index in [0.717, 1.165) is 23.8 Å². The SMILES string of the molecule is COc1cc(-c2ccc(F)c(F)c2)c(F)cc1-n1c2c(ccc1=O)CN(S(=O)/N=C1\CCON1)CC2. The fourth-order valence-corrected chi connectivity index (χ4v) is 5.18. The number of amidine groups is 1.